The van der Waals surface area contributed by atoms with Crippen LogP contribution in [0.25, 0.3) is 11.3 Å². The second kappa shape index (κ2) is 10.6. The number of fused-ring (bicyclic) bond motifs is 1. The number of carbonyl (C=O) groups is 1. The smallest absolute Gasteiger partial charge is 0.260 e. The van der Waals surface area contributed by atoms with Gasteiger partial charge in [0.05, 0.1) is 26.0 Å². The van der Waals surface area contributed by atoms with Gasteiger partial charge in [-0.3, -0.25) is 4.79 Å². The van der Waals surface area contributed by atoms with Gasteiger partial charge in [0.1, 0.15) is 11.9 Å². The Balaban J connectivity index is 1.43. The highest BCUT2D eigenvalue weighted by Gasteiger charge is 2.35. The van der Waals surface area contributed by atoms with Crippen molar-refractivity contribution in [3.8, 4) is 22.8 Å². The first kappa shape index (κ1) is 26.0. The Bertz CT molecular complexity index is 1330. The number of aryl methyl sites for hydroxylation is 1. The first-order chi connectivity index (χ1) is 18.3. The number of anilines is 1. The lowest BCUT2D eigenvalue weighted by molar-refractivity contribution is 0.0652. The van der Waals surface area contributed by atoms with Crippen LogP contribution in [0, 0.1) is 6.92 Å². The van der Waals surface area contributed by atoms with E-state index in [-0.39, 0.29) is 24.4 Å². The molecule has 5 rings (SSSR count). The van der Waals surface area contributed by atoms with Gasteiger partial charge in [-0.2, -0.15) is 5.10 Å². The Morgan fingerprint density at radius 2 is 1.89 bits per heavy atom. The fourth-order valence-electron chi connectivity index (χ4n) is 5.36. The van der Waals surface area contributed by atoms with E-state index in [1.165, 1.54) is 4.68 Å². The van der Waals surface area contributed by atoms with Gasteiger partial charge in [0, 0.05) is 42.9 Å². The summed E-state index contributed by atoms with van der Waals surface area (Å²) in [4.78, 5) is 15.0. The lowest BCUT2D eigenvalue weighted by Crippen LogP contribution is -2.52. The van der Waals surface area contributed by atoms with Crippen molar-refractivity contribution in [3.63, 3.8) is 0 Å². The second-order valence-electron chi connectivity index (χ2n) is 9.89. The predicted octanol–water partition coefficient (Wildman–Crippen LogP) is 4.67. The third kappa shape index (κ3) is 4.80. The van der Waals surface area contributed by atoms with E-state index in [0.29, 0.717) is 35.1 Å². The maximum Gasteiger partial charge on any atom is 0.260 e. The molecule has 3 aromatic rings. The van der Waals surface area contributed by atoms with Crippen molar-refractivity contribution >= 4 is 11.7 Å². The number of hydrogen-bond acceptors (Lipinski definition) is 6. The fraction of sp³-hybridized carbons (Fsp3) is 0.429. The van der Waals surface area contributed by atoms with Gasteiger partial charge in [-0.25, -0.2) is 13.5 Å². The Hall–Kier alpha value is -3.66. The number of carbonyl (C=O) groups excluding carboxylic acids is 1. The summed E-state index contributed by atoms with van der Waals surface area (Å²) >= 11 is 0. The Morgan fingerprint density at radius 3 is 2.58 bits per heavy atom. The zero-order valence-electron chi connectivity index (χ0n) is 22.0. The molecule has 0 bridgehead atoms. The zero-order valence-corrected chi connectivity index (χ0v) is 22.0. The first-order valence-electron chi connectivity index (χ1n) is 12.8. The summed E-state index contributed by atoms with van der Waals surface area (Å²) in [5, 5.41) is 11.3. The summed E-state index contributed by atoms with van der Waals surface area (Å²) in [5.41, 5.74) is 3.68. The van der Waals surface area contributed by atoms with E-state index >= 15 is 0 Å². The minimum absolute atomic E-state index is 0.00465. The van der Waals surface area contributed by atoms with Gasteiger partial charge in [-0.1, -0.05) is 12.1 Å². The molecule has 1 fully saturated rings. The van der Waals surface area contributed by atoms with E-state index < -0.39 is 12.5 Å². The molecule has 2 aliphatic rings. The molecule has 0 saturated carbocycles. The third-order valence-electron chi connectivity index (χ3n) is 7.46. The maximum atomic E-state index is 14.2. The van der Waals surface area contributed by atoms with Crippen LogP contribution < -0.4 is 20.1 Å². The van der Waals surface area contributed by atoms with Crippen LogP contribution in [0.1, 0.15) is 46.9 Å². The molecule has 1 amide bonds. The van der Waals surface area contributed by atoms with Crippen LogP contribution in [0.2, 0.25) is 0 Å². The molecule has 3 unspecified atom stereocenters. The number of nitrogens with zero attached hydrogens (tertiary/aromatic N) is 3. The standard InChI is InChI=1S/C28H33F2N5O3/c1-16-11-19(28(36)34-10-9-31-15-17(34)2)5-7-20(16)22-14-26-32-21(13-23(27(29)30)35(26)33-22)18-6-8-24(37-3)25(12-18)38-4/h5-8,11-12,14,17,21,23,27,31-32H,9-10,13,15H2,1-4H3. The monoisotopic (exact) mass is 525 g/mol. The summed E-state index contributed by atoms with van der Waals surface area (Å²) < 4.78 is 40.5. The number of alkyl halides is 2. The molecule has 1 aromatic heterocycles. The highest BCUT2D eigenvalue weighted by molar-refractivity contribution is 5.95. The van der Waals surface area contributed by atoms with Gasteiger partial charge in [-0.05, 0) is 55.7 Å². The minimum atomic E-state index is -2.59. The number of amides is 1. The summed E-state index contributed by atoms with van der Waals surface area (Å²) in [6, 6.07) is 11.4. The number of methoxy groups -OCH3 is 2. The number of hydrogen-bond donors (Lipinski definition) is 2. The number of benzene rings is 2. The van der Waals surface area contributed by atoms with Crippen molar-refractivity contribution in [2.24, 2.45) is 0 Å². The number of nitrogens with one attached hydrogen (secondary N) is 2. The summed E-state index contributed by atoms with van der Waals surface area (Å²) in [6.45, 7) is 6.15. The van der Waals surface area contributed by atoms with Crippen LogP contribution in [0.5, 0.6) is 11.5 Å². The minimum Gasteiger partial charge on any atom is -0.493 e. The van der Waals surface area contributed by atoms with Crippen molar-refractivity contribution in [1.82, 2.24) is 20.0 Å². The van der Waals surface area contributed by atoms with Crippen molar-refractivity contribution in [1.29, 1.82) is 0 Å². The van der Waals surface area contributed by atoms with Crippen LogP contribution in [-0.4, -0.2) is 66.9 Å². The van der Waals surface area contributed by atoms with Crippen LogP contribution in [0.3, 0.4) is 0 Å². The number of piperazine rings is 1. The molecule has 1 saturated heterocycles. The topological polar surface area (TPSA) is 80.7 Å². The predicted molar refractivity (Wildman–Crippen MR) is 141 cm³/mol. The number of aromatic nitrogens is 2. The number of halogens is 2. The molecule has 38 heavy (non-hydrogen) atoms. The third-order valence-corrected chi connectivity index (χ3v) is 7.46. The number of ether oxygens (including phenoxy) is 2. The zero-order chi connectivity index (χ0) is 27.0. The Morgan fingerprint density at radius 1 is 1.11 bits per heavy atom. The highest BCUT2D eigenvalue weighted by atomic mass is 19.3. The molecule has 2 aliphatic heterocycles. The SMILES string of the molecule is COc1ccc(C2CC(C(F)F)n3nc(-c4ccc(C(=O)N5CCNCC5C)cc4C)cc3N2)cc1OC. The van der Waals surface area contributed by atoms with Gasteiger partial charge in [0.15, 0.2) is 11.5 Å². The van der Waals surface area contributed by atoms with E-state index in [0.717, 1.165) is 29.8 Å². The summed E-state index contributed by atoms with van der Waals surface area (Å²) in [7, 11) is 3.10. The van der Waals surface area contributed by atoms with Gasteiger partial charge < -0.3 is 25.0 Å². The van der Waals surface area contributed by atoms with Gasteiger partial charge in [0.2, 0.25) is 0 Å². The summed E-state index contributed by atoms with van der Waals surface area (Å²) in [5.74, 6) is 1.63. The van der Waals surface area contributed by atoms with E-state index in [9.17, 15) is 13.6 Å². The first-order valence-corrected chi connectivity index (χ1v) is 12.8. The fourth-order valence-corrected chi connectivity index (χ4v) is 5.36. The van der Waals surface area contributed by atoms with Crippen LogP contribution in [-0.2, 0) is 0 Å². The van der Waals surface area contributed by atoms with E-state index in [1.54, 1.807) is 32.4 Å². The molecule has 3 heterocycles. The molecule has 202 valence electrons. The Labute approximate surface area is 220 Å². The molecule has 0 aliphatic carbocycles. The summed E-state index contributed by atoms with van der Waals surface area (Å²) in [6.07, 6.45) is -2.43. The van der Waals surface area contributed by atoms with Crippen molar-refractivity contribution in [2.45, 2.75) is 44.8 Å². The largest absolute Gasteiger partial charge is 0.493 e. The lowest BCUT2D eigenvalue weighted by Gasteiger charge is -2.34. The van der Waals surface area contributed by atoms with Gasteiger partial charge in [-0.15, -0.1) is 0 Å². The second-order valence-corrected chi connectivity index (χ2v) is 9.89. The van der Waals surface area contributed by atoms with Crippen molar-refractivity contribution < 1.29 is 23.0 Å². The van der Waals surface area contributed by atoms with Crippen molar-refractivity contribution in [3.05, 3.63) is 59.2 Å². The van der Waals surface area contributed by atoms with Gasteiger partial charge >= 0.3 is 0 Å². The molecular weight excluding hydrogens is 492 g/mol. The quantitative estimate of drug-likeness (QED) is 0.487. The van der Waals surface area contributed by atoms with E-state index in [4.69, 9.17) is 9.47 Å². The van der Waals surface area contributed by atoms with Crippen LogP contribution >= 0.6 is 0 Å². The van der Waals surface area contributed by atoms with Crippen LogP contribution in [0.15, 0.2) is 42.5 Å². The molecule has 0 spiro atoms. The Kier molecular flexibility index (Phi) is 7.25. The maximum absolute atomic E-state index is 14.2. The molecular formula is C28H33F2N5O3. The normalized spacial score (nSPS) is 21.1. The lowest BCUT2D eigenvalue weighted by atomic mass is 9.97. The highest BCUT2D eigenvalue weighted by Crippen LogP contribution is 2.41. The molecule has 10 heteroatoms. The number of rotatable bonds is 6. The molecule has 2 aromatic carbocycles. The molecule has 3 atom stereocenters. The van der Waals surface area contributed by atoms with E-state index in [1.807, 2.05) is 43.0 Å². The van der Waals surface area contributed by atoms with Gasteiger partial charge in [0.25, 0.3) is 12.3 Å². The average molecular weight is 526 g/mol. The van der Waals surface area contributed by atoms with Crippen molar-refractivity contribution in [2.75, 3.05) is 39.2 Å². The molecule has 8 nitrogen and oxygen atoms in total. The van der Waals surface area contributed by atoms with Crippen LogP contribution in [0.4, 0.5) is 14.6 Å². The molecule has 0 radical (unpaired) electrons. The van der Waals surface area contributed by atoms with E-state index in [2.05, 4.69) is 15.7 Å². The molecule has 2 N–H and O–H groups in total. The average Bonchev–Trinajstić information content (AvgIpc) is 3.35.